The third kappa shape index (κ3) is 3.98. The summed E-state index contributed by atoms with van der Waals surface area (Å²) in [4.78, 5) is 12.6. The number of fused-ring (bicyclic) bond motifs is 1. The molecular weight excluding hydrogens is 310 g/mol. The first-order chi connectivity index (χ1) is 12.3. The van der Waals surface area contributed by atoms with Crippen LogP contribution in [0.3, 0.4) is 0 Å². The van der Waals surface area contributed by atoms with Crippen LogP contribution >= 0.6 is 0 Å². The van der Waals surface area contributed by atoms with Gasteiger partial charge >= 0.3 is 0 Å². The summed E-state index contributed by atoms with van der Waals surface area (Å²) < 4.78 is 0. The van der Waals surface area contributed by atoms with Gasteiger partial charge in [-0.3, -0.25) is 4.90 Å². The minimum atomic E-state index is 0.478. The molecule has 4 rings (SSSR count). The predicted octanol–water partition coefficient (Wildman–Crippen LogP) is 2.92. The molecule has 1 aromatic rings. The maximum Gasteiger partial charge on any atom is 0.135 e. The van der Waals surface area contributed by atoms with Crippen molar-refractivity contribution >= 4 is 5.82 Å². The zero-order valence-corrected chi connectivity index (χ0v) is 15.7. The van der Waals surface area contributed by atoms with E-state index in [0.29, 0.717) is 5.92 Å². The minimum absolute atomic E-state index is 0.478. The molecule has 1 unspecified atom stereocenters. The molecule has 1 saturated carbocycles. The largest absolute Gasteiger partial charge is 0.373 e. The van der Waals surface area contributed by atoms with Gasteiger partial charge in [-0.2, -0.15) is 0 Å². The molecule has 2 fully saturated rings. The second-order valence-corrected chi connectivity index (χ2v) is 8.14. The Morgan fingerprint density at radius 3 is 2.76 bits per heavy atom. The zero-order chi connectivity index (χ0) is 17.1. The third-order valence-electron chi connectivity index (χ3n) is 6.30. The van der Waals surface area contributed by atoms with Gasteiger partial charge in [0.25, 0.3) is 0 Å². The average molecular weight is 344 g/mol. The molecule has 0 bridgehead atoms. The van der Waals surface area contributed by atoms with Crippen LogP contribution in [0.1, 0.15) is 67.9 Å². The maximum atomic E-state index is 5.01. The average Bonchev–Trinajstić information content (AvgIpc) is 2.68. The van der Waals surface area contributed by atoms with E-state index in [0.717, 1.165) is 50.2 Å². The Kier molecular flexibility index (Phi) is 5.51. The molecular formula is C20H33N5. The molecule has 5 nitrogen and oxygen atoms in total. The fourth-order valence-electron chi connectivity index (χ4n) is 4.84. The summed E-state index contributed by atoms with van der Waals surface area (Å²) in [6.45, 7) is 5.60. The molecule has 3 heterocycles. The van der Waals surface area contributed by atoms with E-state index in [1.54, 1.807) is 0 Å². The zero-order valence-electron chi connectivity index (χ0n) is 15.7. The second kappa shape index (κ2) is 8.00. The molecule has 0 aromatic carbocycles. The van der Waals surface area contributed by atoms with Crippen LogP contribution in [0.2, 0.25) is 0 Å². The van der Waals surface area contributed by atoms with E-state index in [-0.39, 0.29) is 0 Å². The molecule has 138 valence electrons. The van der Waals surface area contributed by atoms with Gasteiger partial charge in [-0.25, -0.2) is 9.97 Å². The number of nitrogens with one attached hydrogen (secondary N) is 2. The van der Waals surface area contributed by atoms with Gasteiger partial charge in [0.1, 0.15) is 11.6 Å². The van der Waals surface area contributed by atoms with Crippen LogP contribution in [0.5, 0.6) is 0 Å². The number of piperidine rings is 1. The van der Waals surface area contributed by atoms with E-state index < -0.39 is 0 Å². The number of hydrogen-bond donors (Lipinski definition) is 2. The molecule has 3 aliphatic rings. The highest BCUT2D eigenvalue weighted by atomic mass is 15.2. The smallest absolute Gasteiger partial charge is 0.135 e. The monoisotopic (exact) mass is 343 g/mol. The second-order valence-electron chi connectivity index (χ2n) is 8.14. The van der Waals surface area contributed by atoms with Crippen molar-refractivity contribution in [2.24, 2.45) is 5.92 Å². The van der Waals surface area contributed by atoms with Gasteiger partial charge in [0.15, 0.2) is 0 Å². The Morgan fingerprint density at radius 2 is 2.00 bits per heavy atom. The number of hydrogen-bond acceptors (Lipinski definition) is 5. The van der Waals surface area contributed by atoms with Crippen LogP contribution in [-0.4, -0.2) is 48.1 Å². The van der Waals surface area contributed by atoms with Crippen molar-refractivity contribution in [1.29, 1.82) is 0 Å². The lowest BCUT2D eigenvalue weighted by Gasteiger charge is -2.34. The van der Waals surface area contributed by atoms with Gasteiger partial charge in [0, 0.05) is 51.1 Å². The van der Waals surface area contributed by atoms with E-state index in [4.69, 9.17) is 9.97 Å². The van der Waals surface area contributed by atoms with Crippen molar-refractivity contribution in [2.45, 2.75) is 63.8 Å². The Hall–Kier alpha value is -1.20. The SMILES string of the molecule is CNc1nc(C2CCCNC2)nc2c1CN(CC1CCCCC1)CC2. The van der Waals surface area contributed by atoms with Crippen LogP contribution < -0.4 is 10.6 Å². The summed E-state index contributed by atoms with van der Waals surface area (Å²) in [5, 5.41) is 6.86. The quantitative estimate of drug-likeness (QED) is 0.880. The molecule has 2 N–H and O–H groups in total. The van der Waals surface area contributed by atoms with E-state index in [9.17, 15) is 0 Å². The van der Waals surface area contributed by atoms with Gasteiger partial charge in [-0.15, -0.1) is 0 Å². The van der Waals surface area contributed by atoms with Gasteiger partial charge in [0.05, 0.1) is 5.69 Å². The third-order valence-corrected chi connectivity index (χ3v) is 6.30. The minimum Gasteiger partial charge on any atom is -0.373 e. The highest BCUT2D eigenvalue weighted by Crippen LogP contribution is 2.30. The Balaban J connectivity index is 1.49. The van der Waals surface area contributed by atoms with Crippen LogP contribution in [0.4, 0.5) is 5.82 Å². The fraction of sp³-hybridized carbons (Fsp3) is 0.800. The van der Waals surface area contributed by atoms with Crippen molar-refractivity contribution in [3.05, 3.63) is 17.1 Å². The molecule has 1 saturated heterocycles. The first-order valence-corrected chi connectivity index (χ1v) is 10.3. The van der Waals surface area contributed by atoms with Crippen LogP contribution in [-0.2, 0) is 13.0 Å². The Bertz CT molecular complexity index is 558. The van der Waals surface area contributed by atoms with Gasteiger partial charge in [0.2, 0.25) is 0 Å². The van der Waals surface area contributed by atoms with Crippen LogP contribution in [0, 0.1) is 5.92 Å². The summed E-state index contributed by atoms with van der Waals surface area (Å²) in [6, 6.07) is 0. The summed E-state index contributed by atoms with van der Waals surface area (Å²) in [6.07, 6.45) is 10.7. The van der Waals surface area contributed by atoms with Crippen molar-refractivity contribution < 1.29 is 0 Å². The van der Waals surface area contributed by atoms with E-state index in [1.165, 1.54) is 62.7 Å². The van der Waals surface area contributed by atoms with E-state index in [1.807, 2.05) is 7.05 Å². The van der Waals surface area contributed by atoms with Crippen LogP contribution in [0.25, 0.3) is 0 Å². The molecule has 25 heavy (non-hydrogen) atoms. The number of nitrogens with zero attached hydrogens (tertiary/aromatic N) is 3. The van der Waals surface area contributed by atoms with Gasteiger partial charge in [-0.1, -0.05) is 19.3 Å². The summed E-state index contributed by atoms with van der Waals surface area (Å²) in [7, 11) is 2.01. The number of rotatable bonds is 4. The maximum absolute atomic E-state index is 5.01. The molecule has 0 spiro atoms. The lowest BCUT2D eigenvalue weighted by Crippen LogP contribution is -2.37. The predicted molar refractivity (Wildman–Crippen MR) is 102 cm³/mol. The molecule has 0 radical (unpaired) electrons. The van der Waals surface area contributed by atoms with Gasteiger partial charge < -0.3 is 10.6 Å². The Morgan fingerprint density at radius 1 is 1.12 bits per heavy atom. The Labute approximate surface area is 152 Å². The number of anilines is 1. The summed E-state index contributed by atoms with van der Waals surface area (Å²) in [5.74, 6) is 3.50. The lowest BCUT2D eigenvalue weighted by atomic mass is 9.88. The first kappa shape index (κ1) is 17.2. The van der Waals surface area contributed by atoms with Crippen LogP contribution in [0.15, 0.2) is 0 Å². The van der Waals surface area contributed by atoms with E-state index >= 15 is 0 Å². The normalized spacial score (nSPS) is 25.6. The highest BCUT2D eigenvalue weighted by Gasteiger charge is 2.27. The highest BCUT2D eigenvalue weighted by molar-refractivity contribution is 5.47. The van der Waals surface area contributed by atoms with Crippen molar-refractivity contribution in [3.63, 3.8) is 0 Å². The molecule has 5 heteroatoms. The van der Waals surface area contributed by atoms with E-state index in [2.05, 4.69) is 15.5 Å². The molecule has 2 aliphatic heterocycles. The van der Waals surface area contributed by atoms with Crippen molar-refractivity contribution in [2.75, 3.05) is 38.5 Å². The topological polar surface area (TPSA) is 53.1 Å². The molecule has 1 aliphatic carbocycles. The summed E-state index contributed by atoms with van der Waals surface area (Å²) in [5.41, 5.74) is 2.64. The molecule has 1 atom stereocenters. The molecule has 0 amide bonds. The number of aromatic nitrogens is 2. The van der Waals surface area contributed by atoms with Crippen molar-refractivity contribution in [3.8, 4) is 0 Å². The first-order valence-electron chi connectivity index (χ1n) is 10.3. The molecule has 1 aromatic heterocycles. The standard InChI is InChI=1S/C20H33N5/c1-21-20-17-14-25(13-15-6-3-2-4-7-15)11-9-18(17)23-19(24-20)16-8-5-10-22-12-16/h15-16,22H,2-14H2,1H3,(H,21,23,24). The summed E-state index contributed by atoms with van der Waals surface area (Å²) >= 11 is 0. The van der Waals surface area contributed by atoms with Gasteiger partial charge in [-0.05, 0) is 38.1 Å². The fourth-order valence-corrected chi connectivity index (χ4v) is 4.84. The van der Waals surface area contributed by atoms with Crippen molar-refractivity contribution in [1.82, 2.24) is 20.2 Å². The lowest BCUT2D eigenvalue weighted by molar-refractivity contribution is 0.186.